The number of hydrogen-bond acceptors (Lipinski definition) is 2. The van der Waals surface area contributed by atoms with Gasteiger partial charge in [0.15, 0.2) is 0 Å². The predicted molar refractivity (Wildman–Crippen MR) is 117 cm³/mol. The third-order valence-electron chi connectivity index (χ3n) is 4.89. The highest BCUT2D eigenvalue weighted by Gasteiger charge is 2.35. The first-order valence-electron chi connectivity index (χ1n) is 9.93. The number of nitriles is 1. The maximum atomic E-state index is 11.3. The first kappa shape index (κ1) is 23.3. The van der Waals surface area contributed by atoms with Crippen LogP contribution in [0.1, 0.15) is 98.8 Å². The molecule has 1 N–H and O–H groups in total. The van der Waals surface area contributed by atoms with Gasteiger partial charge in [0.05, 0.1) is 6.07 Å². The van der Waals surface area contributed by atoms with Crippen LogP contribution in [-0.4, -0.2) is 5.11 Å². The van der Waals surface area contributed by atoms with Crippen molar-refractivity contribution in [2.75, 3.05) is 0 Å². The number of benzene rings is 1. The Morgan fingerprint density at radius 1 is 0.815 bits per heavy atom. The summed E-state index contributed by atoms with van der Waals surface area (Å²) in [5, 5.41) is 20.3. The number of rotatable bonds is 5. The second-order valence-corrected chi connectivity index (χ2v) is 11.7. The van der Waals surface area contributed by atoms with Crippen LogP contribution in [0.5, 0.6) is 5.75 Å². The molecule has 1 rings (SSSR count). The molecule has 150 valence electrons. The van der Waals surface area contributed by atoms with E-state index < -0.39 is 0 Å². The Hall–Kier alpha value is -1.75. The molecule has 0 radical (unpaired) electrons. The van der Waals surface area contributed by atoms with Gasteiger partial charge in [0.25, 0.3) is 0 Å². The summed E-state index contributed by atoms with van der Waals surface area (Å²) in [6.07, 6.45) is 5.26. The van der Waals surface area contributed by atoms with Gasteiger partial charge in [-0.25, -0.2) is 0 Å². The highest BCUT2D eigenvalue weighted by atomic mass is 16.3. The lowest BCUT2D eigenvalue weighted by molar-refractivity contribution is 0.268. The molecule has 0 aliphatic carbocycles. The molecular formula is C25H39NO. The minimum absolute atomic E-state index is 0.148. The molecule has 27 heavy (non-hydrogen) atoms. The van der Waals surface area contributed by atoms with E-state index in [1.165, 1.54) is 6.08 Å². The van der Waals surface area contributed by atoms with Crippen molar-refractivity contribution in [1.29, 1.82) is 5.26 Å². The molecule has 0 saturated carbocycles. The Bertz CT molecular complexity index is 682. The van der Waals surface area contributed by atoms with Gasteiger partial charge in [0.1, 0.15) is 5.75 Å². The van der Waals surface area contributed by atoms with Crippen LogP contribution >= 0.6 is 0 Å². The van der Waals surface area contributed by atoms with Gasteiger partial charge in [0.2, 0.25) is 0 Å². The second-order valence-electron chi connectivity index (χ2n) is 11.7. The largest absolute Gasteiger partial charge is 0.507 e. The van der Waals surface area contributed by atoms with Crippen LogP contribution in [0.15, 0.2) is 18.2 Å². The van der Waals surface area contributed by atoms with Gasteiger partial charge in [-0.15, -0.1) is 0 Å². The third kappa shape index (κ3) is 6.73. The monoisotopic (exact) mass is 369 g/mol. The summed E-state index contributed by atoms with van der Waals surface area (Å²) in [6, 6.07) is 6.18. The summed E-state index contributed by atoms with van der Waals surface area (Å²) in [4.78, 5) is 0. The molecule has 0 amide bonds. The fraction of sp³-hybridized carbons (Fsp3) is 0.640. The van der Waals surface area contributed by atoms with Gasteiger partial charge >= 0.3 is 0 Å². The van der Waals surface area contributed by atoms with E-state index in [0.29, 0.717) is 5.75 Å². The van der Waals surface area contributed by atoms with Crippen molar-refractivity contribution < 1.29 is 5.11 Å². The van der Waals surface area contributed by atoms with E-state index in [9.17, 15) is 5.11 Å². The molecule has 0 saturated heterocycles. The predicted octanol–water partition coefficient (Wildman–Crippen LogP) is 7.36. The van der Waals surface area contributed by atoms with Crippen LogP contribution in [0.4, 0.5) is 0 Å². The quantitative estimate of drug-likeness (QED) is 0.551. The molecule has 0 atom stereocenters. The summed E-state index contributed by atoms with van der Waals surface area (Å²) in [5.41, 5.74) is 2.86. The number of phenolic OH excluding ortho intramolecular Hbond substituents is 1. The van der Waals surface area contributed by atoms with Crippen molar-refractivity contribution in [3.05, 3.63) is 34.9 Å². The van der Waals surface area contributed by atoms with Gasteiger partial charge in [0, 0.05) is 17.2 Å². The normalized spacial score (nSPS) is 13.8. The summed E-state index contributed by atoms with van der Waals surface area (Å²) < 4.78 is 0. The van der Waals surface area contributed by atoms with Crippen molar-refractivity contribution in [3.8, 4) is 11.8 Å². The zero-order chi connectivity index (χ0) is 21.3. The highest BCUT2D eigenvalue weighted by molar-refractivity contribution is 5.60. The lowest BCUT2D eigenvalue weighted by Crippen LogP contribution is -2.28. The number of allylic oxidation sites excluding steroid dienone is 1. The molecule has 0 spiro atoms. The molecule has 0 aliphatic rings. The Morgan fingerprint density at radius 3 is 1.48 bits per heavy atom. The van der Waals surface area contributed by atoms with Crippen molar-refractivity contribution in [2.24, 2.45) is 10.8 Å². The van der Waals surface area contributed by atoms with Gasteiger partial charge in [-0.2, -0.15) is 5.26 Å². The average molecular weight is 370 g/mol. The van der Waals surface area contributed by atoms with E-state index in [1.807, 2.05) is 18.2 Å². The highest BCUT2D eigenvalue weighted by Crippen LogP contribution is 2.47. The Labute approximate surface area is 167 Å². The van der Waals surface area contributed by atoms with Gasteiger partial charge < -0.3 is 5.11 Å². The molecule has 1 aromatic rings. The smallest absolute Gasteiger partial charge is 0.123 e. The fourth-order valence-corrected chi connectivity index (χ4v) is 4.76. The van der Waals surface area contributed by atoms with Crippen molar-refractivity contribution in [2.45, 2.75) is 92.9 Å². The molecule has 0 aromatic heterocycles. The zero-order valence-corrected chi connectivity index (χ0v) is 19.1. The minimum atomic E-state index is -0.175. The molecule has 2 heteroatoms. The van der Waals surface area contributed by atoms with Gasteiger partial charge in [-0.3, -0.25) is 0 Å². The van der Waals surface area contributed by atoms with Crippen molar-refractivity contribution in [1.82, 2.24) is 0 Å². The van der Waals surface area contributed by atoms with E-state index in [4.69, 9.17) is 5.26 Å². The standard InChI is InChI=1S/C25H39NO/c1-22(2,3)16-24(7,8)19-14-18(12-11-13-26)15-20(21(19)27)25(9,10)17-23(4,5)6/h11-12,14-15,27H,16-17H2,1-10H3/b12-11+. The molecule has 0 heterocycles. The minimum Gasteiger partial charge on any atom is -0.507 e. The van der Waals surface area contributed by atoms with Crippen LogP contribution in [0, 0.1) is 22.2 Å². The van der Waals surface area contributed by atoms with Crippen molar-refractivity contribution in [3.63, 3.8) is 0 Å². The number of nitrogens with zero attached hydrogens (tertiary/aromatic N) is 1. The number of hydrogen-bond donors (Lipinski definition) is 1. The van der Waals surface area contributed by atoms with E-state index in [1.54, 1.807) is 0 Å². The summed E-state index contributed by atoms with van der Waals surface area (Å²) >= 11 is 0. The number of aromatic hydroxyl groups is 1. The molecule has 1 aromatic carbocycles. The van der Waals surface area contributed by atoms with Crippen LogP contribution in [0.3, 0.4) is 0 Å². The summed E-state index contributed by atoms with van der Waals surface area (Å²) in [7, 11) is 0. The molecular weight excluding hydrogens is 330 g/mol. The second kappa shape index (κ2) is 7.70. The van der Waals surface area contributed by atoms with Gasteiger partial charge in [-0.05, 0) is 58.3 Å². The molecule has 0 bridgehead atoms. The van der Waals surface area contributed by atoms with Crippen molar-refractivity contribution >= 4 is 6.08 Å². The Kier molecular flexibility index (Phi) is 6.65. The molecule has 0 fully saturated rings. The maximum absolute atomic E-state index is 11.3. The van der Waals surface area contributed by atoms with Crippen LogP contribution in [0.25, 0.3) is 6.08 Å². The lowest BCUT2D eigenvalue weighted by atomic mass is 9.68. The van der Waals surface area contributed by atoms with Crippen LogP contribution < -0.4 is 0 Å². The SMILES string of the molecule is CC(C)(C)CC(C)(C)c1cc(/C=C/C#N)cc(C(C)(C)CC(C)(C)C)c1O. The van der Waals surface area contributed by atoms with Crippen LogP contribution in [-0.2, 0) is 10.8 Å². The average Bonchev–Trinajstić information content (AvgIpc) is 2.40. The molecule has 2 nitrogen and oxygen atoms in total. The molecule has 0 unspecified atom stereocenters. The van der Waals surface area contributed by atoms with Crippen LogP contribution in [0.2, 0.25) is 0 Å². The van der Waals surface area contributed by atoms with E-state index in [0.717, 1.165) is 29.5 Å². The lowest BCUT2D eigenvalue weighted by Gasteiger charge is -2.37. The molecule has 0 aliphatic heterocycles. The van der Waals surface area contributed by atoms with E-state index >= 15 is 0 Å². The fourth-order valence-electron chi connectivity index (χ4n) is 4.76. The van der Waals surface area contributed by atoms with E-state index in [2.05, 4.69) is 75.3 Å². The Balaban J connectivity index is 3.66. The summed E-state index contributed by atoms with van der Waals surface area (Å²) in [6.45, 7) is 22.2. The van der Waals surface area contributed by atoms with E-state index in [-0.39, 0.29) is 21.7 Å². The topological polar surface area (TPSA) is 44.0 Å². The Morgan fingerprint density at radius 2 is 1.19 bits per heavy atom. The first-order chi connectivity index (χ1) is 12.0. The zero-order valence-electron chi connectivity index (χ0n) is 19.1. The number of phenols is 1. The maximum Gasteiger partial charge on any atom is 0.123 e. The third-order valence-corrected chi connectivity index (χ3v) is 4.89. The first-order valence-corrected chi connectivity index (χ1v) is 9.93. The summed E-state index contributed by atoms with van der Waals surface area (Å²) in [5.74, 6) is 0.410. The van der Waals surface area contributed by atoms with Gasteiger partial charge in [-0.1, -0.05) is 69.2 Å².